The molecule has 0 atom stereocenters. The second-order valence-electron chi connectivity index (χ2n) is 7.03. The fourth-order valence-electron chi connectivity index (χ4n) is 2.81. The van der Waals surface area contributed by atoms with E-state index in [0.29, 0.717) is 92.5 Å². The van der Waals surface area contributed by atoms with Crippen LogP contribution in [0.4, 0.5) is 0 Å². The molecule has 206 valence electrons. The van der Waals surface area contributed by atoms with Gasteiger partial charge in [0.25, 0.3) is 0 Å². The van der Waals surface area contributed by atoms with Gasteiger partial charge < -0.3 is 37.9 Å². The highest BCUT2D eigenvalue weighted by Gasteiger charge is 2.19. The minimum atomic E-state index is 0.443. The molecule has 0 amide bonds. The first-order valence-electron chi connectivity index (χ1n) is 12.0. The third-order valence-electron chi connectivity index (χ3n) is 4.41. The van der Waals surface area contributed by atoms with Crippen LogP contribution in [-0.2, 0) is 28.4 Å². The van der Waals surface area contributed by atoms with Crippen LogP contribution in [0.15, 0.2) is 19.7 Å². The van der Waals surface area contributed by atoms with Gasteiger partial charge in [-0.15, -0.1) is 22.7 Å². The lowest BCUT2D eigenvalue weighted by atomic mass is 10.3. The normalized spacial score (nSPS) is 11.3. The van der Waals surface area contributed by atoms with Gasteiger partial charge in [-0.25, -0.2) is 0 Å². The van der Waals surface area contributed by atoms with Gasteiger partial charge >= 0.3 is 0 Å². The molecular formula is C24H36Br2O8S2. The van der Waals surface area contributed by atoms with Gasteiger partial charge in [-0.2, -0.15) is 0 Å². The average Bonchev–Trinajstić information content (AvgIpc) is 3.42. The van der Waals surface area contributed by atoms with Gasteiger partial charge in [0.2, 0.25) is 0 Å². The molecule has 0 saturated heterocycles. The maximum atomic E-state index is 6.02. The van der Waals surface area contributed by atoms with Gasteiger partial charge in [-0.3, -0.25) is 0 Å². The zero-order chi connectivity index (χ0) is 25.8. The van der Waals surface area contributed by atoms with Crippen molar-refractivity contribution in [1.29, 1.82) is 0 Å². The van der Waals surface area contributed by atoms with E-state index >= 15 is 0 Å². The van der Waals surface area contributed by atoms with Crippen molar-refractivity contribution in [2.45, 2.75) is 13.8 Å². The zero-order valence-corrected chi connectivity index (χ0v) is 25.7. The standard InChI is InChI=1S/C24H36Br2O8S2/c1-3-27-5-7-29-9-11-31-13-15-33-19-17-21(25)35-23(19)24-20(18-22(26)36-24)34-16-14-32-12-10-30-8-6-28-4-2/h17-18H,3-16H2,1-2H3. The molecule has 0 N–H and O–H groups in total. The van der Waals surface area contributed by atoms with E-state index in [9.17, 15) is 0 Å². The van der Waals surface area contributed by atoms with Crippen molar-refractivity contribution < 1.29 is 37.9 Å². The van der Waals surface area contributed by atoms with E-state index in [0.717, 1.165) is 28.8 Å². The lowest BCUT2D eigenvalue weighted by Gasteiger charge is -2.10. The van der Waals surface area contributed by atoms with E-state index in [1.54, 1.807) is 22.7 Å². The van der Waals surface area contributed by atoms with Gasteiger partial charge in [0.15, 0.2) is 0 Å². The molecule has 2 aromatic rings. The average molecular weight is 676 g/mol. The summed E-state index contributed by atoms with van der Waals surface area (Å²) in [6, 6.07) is 3.95. The Morgan fingerprint density at radius 1 is 0.500 bits per heavy atom. The van der Waals surface area contributed by atoms with Crippen LogP contribution < -0.4 is 9.47 Å². The fourth-order valence-corrected chi connectivity index (χ4v) is 5.99. The van der Waals surface area contributed by atoms with E-state index in [2.05, 4.69) is 31.9 Å². The molecule has 0 bridgehead atoms. The molecule has 0 aromatic carbocycles. The molecule has 0 radical (unpaired) electrons. The molecule has 0 fully saturated rings. The monoisotopic (exact) mass is 674 g/mol. The Kier molecular flexibility index (Phi) is 18.3. The number of hydrogen-bond acceptors (Lipinski definition) is 10. The van der Waals surface area contributed by atoms with Crippen molar-refractivity contribution in [3.63, 3.8) is 0 Å². The predicted molar refractivity (Wildman–Crippen MR) is 150 cm³/mol. The molecule has 8 nitrogen and oxygen atoms in total. The first kappa shape index (κ1) is 31.9. The number of hydrogen-bond donors (Lipinski definition) is 0. The van der Waals surface area contributed by atoms with Crippen LogP contribution in [0.2, 0.25) is 0 Å². The number of halogens is 2. The Morgan fingerprint density at radius 2 is 0.806 bits per heavy atom. The largest absolute Gasteiger partial charge is 0.490 e. The Hall–Kier alpha value is -0.280. The molecule has 0 saturated carbocycles. The fraction of sp³-hybridized carbons (Fsp3) is 0.667. The van der Waals surface area contributed by atoms with Crippen molar-refractivity contribution in [3.8, 4) is 21.3 Å². The maximum absolute atomic E-state index is 6.02. The summed E-state index contributed by atoms with van der Waals surface area (Å²) in [6.45, 7) is 11.7. The minimum Gasteiger partial charge on any atom is -0.490 e. The summed E-state index contributed by atoms with van der Waals surface area (Å²) in [5.41, 5.74) is 0. The quantitative estimate of drug-likeness (QED) is 0.135. The van der Waals surface area contributed by atoms with Crippen LogP contribution in [0.5, 0.6) is 11.5 Å². The molecule has 0 aliphatic rings. The summed E-state index contributed by atoms with van der Waals surface area (Å²) in [4.78, 5) is 2.02. The van der Waals surface area contributed by atoms with Crippen molar-refractivity contribution in [3.05, 3.63) is 19.7 Å². The van der Waals surface area contributed by atoms with Gasteiger partial charge in [0.05, 0.1) is 83.4 Å². The summed E-state index contributed by atoms with van der Waals surface area (Å²) < 4.78 is 46.6. The second kappa shape index (κ2) is 20.7. The van der Waals surface area contributed by atoms with E-state index in [-0.39, 0.29) is 0 Å². The third kappa shape index (κ3) is 13.5. The molecule has 36 heavy (non-hydrogen) atoms. The highest BCUT2D eigenvalue weighted by molar-refractivity contribution is 9.11. The first-order valence-corrected chi connectivity index (χ1v) is 15.2. The Labute approximate surface area is 238 Å². The molecule has 0 aliphatic carbocycles. The van der Waals surface area contributed by atoms with Gasteiger partial charge in [-0.1, -0.05) is 0 Å². The van der Waals surface area contributed by atoms with Crippen LogP contribution in [0.25, 0.3) is 9.75 Å². The summed E-state index contributed by atoms with van der Waals surface area (Å²) in [7, 11) is 0. The minimum absolute atomic E-state index is 0.443. The lowest BCUT2D eigenvalue weighted by molar-refractivity contribution is 0.0113. The SMILES string of the molecule is CCOCCOCCOCCOc1cc(Br)sc1-c1sc(Br)cc1OCCOCCOCCOCC. The van der Waals surface area contributed by atoms with Gasteiger partial charge in [0.1, 0.15) is 24.7 Å². The predicted octanol–water partition coefficient (Wildman–Crippen LogP) is 5.90. The number of ether oxygens (including phenoxy) is 8. The Bertz CT molecular complexity index is 752. The smallest absolute Gasteiger partial charge is 0.140 e. The van der Waals surface area contributed by atoms with E-state index < -0.39 is 0 Å². The van der Waals surface area contributed by atoms with Crippen LogP contribution in [0.1, 0.15) is 13.8 Å². The number of thiophene rings is 2. The van der Waals surface area contributed by atoms with E-state index in [1.807, 2.05) is 26.0 Å². The topological polar surface area (TPSA) is 73.8 Å². The van der Waals surface area contributed by atoms with Crippen LogP contribution in [0.3, 0.4) is 0 Å². The summed E-state index contributed by atoms with van der Waals surface area (Å²) in [5.74, 6) is 1.59. The van der Waals surface area contributed by atoms with E-state index in [4.69, 9.17) is 37.9 Å². The van der Waals surface area contributed by atoms with Gasteiger partial charge in [0, 0.05) is 25.3 Å². The molecular weight excluding hydrogens is 640 g/mol. The van der Waals surface area contributed by atoms with Crippen LogP contribution in [-0.4, -0.2) is 92.5 Å². The highest BCUT2D eigenvalue weighted by atomic mass is 79.9. The number of rotatable bonds is 23. The lowest BCUT2D eigenvalue weighted by Crippen LogP contribution is -2.13. The second-order valence-corrected chi connectivity index (χ2v) is 11.9. The highest BCUT2D eigenvalue weighted by Crippen LogP contribution is 2.49. The maximum Gasteiger partial charge on any atom is 0.140 e. The van der Waals surface area contributed by atoms with Crippen LogP contribution in [0, 0.1) is 0 Å². The van der Waals surface area contributed by atoms with Crippen molar-refractivity contribution in [2.24, 2.45) is 0 Å². The molecule has 0 aliphatic heterocycles. The third-order valence-corrected chi connectivity index (χ3v) is 7.81. The van der Waals surface area contributed by atoms with E-state index in [1.165, 1.54) is 0 Å². The zero-order valence-electron chi connectivity index (χ0n) is 20.9. The Balaban J connectivity index is 1.71. The molecule has 2 heterocycles. The molecule has 0 unspecified atom stereocenters. The molecule has 2 rings (SSSR count). The van der Waals surface area contributed by atoms with Crippen molar-refractivity contribution in [1.82, 2.24) is 0 Å². The summed E-state index contributed by atoms with van der Waals surface area (Å²) in [6.07, 6.45) is 0. The van der Waals surface area contributed by atoms with Crippen LogP contribution >= 0.6 is 54.5 Å². The Morgan fingerprint density at radius 3 is 1.14 bits per heavy atom. The molecule has 0 spiro atoms. The summed E-state index contributed by atoms with van der Waals surface area (Å²) in [5, 5.41) is 0. The molecule has 2 aromatic heterocycles. The summed E-state index contributed by atoms with van der Waals surface area (Å²) >= 11 is 10.4. The molecule has 12 heteroatoms. The van der Waals surface area contributed by atoms with Crippen molar-refractivity contribution in [2.75, 3.05) is 92.5 Å². The van der Waals surface area contributed by atoms with Gasteiger partial charge in [-0.05, 0) is 45.7 Å². The van der Waals surface area contributed by atoms with Crippen molar-refractivity contribution >= 4 is 54.5 Å². The first-order chi connectivity index (χ1) is 17.7.